The Kier molecular flexibility index (Phi) is 11.3. The van der Waals surface area contributed by atoms with Crippen LogP contribution in [-0.2, 0) is 17.8 Å². The Morgan fingerprint density at radius 2 is 1.56 bits per heavy atom. The summed E-state index contributed by atoms with van der Waals surface area (Å²) in [6.45, 7) is 7.96. The van der Waals surface area contributed by atoms with Crippen LogP contribution in [0.4, 0.5) is 20.8 Å². The van der Waals surface area contributed by atoms with Crippen LogP contribution in [0, 0.1) is 5.82 Å². The number of alkyl carbamates (subject to hydrolysis) is 1. The Balaban J connectivity index is 1.43. The molecule has 0 spiro atoms. The van der Waals surface area contributed by atoms with Crippen molar-refractivity contribution < 1.29 is 28.6 Å². The van der Waals surface area contributed by atoms with Crippen LogP contribution in [0.2, 0.25) is 0 Å². The first-order valence-corrected chi connectivity index (χ1v) is 17.3. The molecule has 0 radical (unpaired) electrons. The van der Waals surface area contributed by atoms with Crippen LogP contribution in [0.15, 0.2) is 114 Å². The number of carboxylic acid groups (broad SMARTS) is 1. The minimum Gasteiger partial charge on any atom is -0.477 e. The van der Waals surface area contributed by atoms with Crippen LogP contribution in [0.5, 0.6) is 5.88 Å². The molecule has 0 aliphatic heterocycles. The van der Waals surface area contributed by atoms with Crippen molar-refractivity contribution in [2.75, 3.05) is 11.4 Å². The molecule has 0 saturated heterocycles. The summed E-state index contributed by atoms with van der Waals surface area (Å²) in [5.74, 6) is -1.50. The zero-order valence-corrected chi connectivity index (χ0v) is 30.3. The number of hydrogen-bond acceptors (Lipinski definition) is 9. The standard InChI is InChI=1S/C41H40FN7O5/c1-27(21-46-40(52)54-41(2,3)4)53-37-31(20-32(42)23-45-37)22-43-35-34(39(50)51)36-44-24-33(30-18-12-7-13-19-30)38(49(36)47-35)48(25-28-14-8-5-9-15-28)26-29-16-10-6-11-17-29/h5-20,22-24,27H,21,25-26H2,1-4H3,(H,46,52)(H,50,51). The van der Waals surface area contributed by atoms with E-state index in [2.05, 4.69) is 25.2 Å². The lowest BCUT2D eigenvalue weighted by Crippen LogP contribution is -2.37. The topological polar surface area (TPSA) is 144 Å². The molecular weight excluding hydrogens is 689 g/mol. The maximum absolute atomic E-state index is 14.5. The number of ether oxygens (including phenoxy) is 2. The van der Waals surface area contributed by atoms with Crippen molar-refractivity contribution in [3.05, 3.63) is 138 Å². The average Bonchev–Trinajstić information content (AvgIpc) is 3.53. The van der Waals surface area contributed by atoms with Gasteiger partial charge in [-0.15, -0.1) is 5.10 Å². The molecule has 3 aromatic heterocycles. The van der Waals surface area contributed by atoms with E-state index < -0.39 is 29.6 Å². The zero-order valence-electron chi connectivity index (χ0n) is 30.3. The fraction of sp³-hybridized carbons (Fsp3) is 0.220. The highest BCUT2D eigenvalue weighted by atomic mass is 19.1. The summed E-state index contributed by atoms with van der Waals surface area (Å²) in [6, 6.07) is 30.7. The van der Waals surface area contributed by atoms with Crippen molar-refractivity contribution in [2.45, 2.75) is 52.5 Å². The highest BCUT2D eigenvalue weighted by Crippen LogP contribution is 2.36. The number of aliphatic imine (C=N–C) groups is 1. The summed E-state index contributed by atoms with van der Waals surface area (Å²) >= 11 is 0. The first-order chi connectivity index (χ1) is 25.9. The Morgan fingerprint density at radius 1 is 0.944 bits per heavy atom. The number of carboxylic acids is 1. The molecule has 0 bridgehead atoms. The monoisotopic (exact) mass is 729 g/mol. The first-order valence-electron chi connectivity index (χ1n) is 17.3. The lowest BCUT2D eigenvalue weighted by atomic mass is 10.1. The number of halogens is 1. The van der Waals surface area contributed by atoms with E-state index in [-0.39, 0.29) is 35.0 Å². The molecule has 1 unspecified atom stereocenters. The molecule has 1 atom stereocenters. The predicted octanol–water partition coefficient (Wildman–Crippen LogP) is 7.88. The lowest BCUT2D eigenvalue weighted by Gasteiger charge is -2.28. The number of aromatic carboxylic acids is 1. The zero-order chi connectivity index (χ0) is 38.2. The summed E-state index contributed by atoms with van der Waals surface area (Å²) in [7, 11) is 0. The number of amides is 1. The molecule has 54 heavy (non-hydrogen) atoms. The summed E-state index contributed by atoms with van der Waals surface area (Å²) < 4.78 is 27.2. The number of carbonyl (C=O) groups excluding carboxylic acids is 1. The van der Waals surface area contributed by atoms with E-state index in [9.17, 15) is 19.1 Å². The molecule has 12 nitrogen and oxygen atoms in total. The second-order valence-corrected chi connectivity index (χ2v) is 13.5. The molecule has 0 fully saturated rings. The molecular formula is C41H40FN7O5. The van der Waals surface area contributed by atoms with Crippen molar-refractivity contribution in [1.29, 1.82) is 0 Å². The number of fused-ring (bicyclic) bond motifs is 1. The van der Waals surface area contributed by atoms with E-state index in [1.54, 1.807) is 33.9 Å². The molecule has 0 saturated carbocycles. The Morgan fingerprint density at radius 3 is 2.15 bits per heavy atom. The van der Waals surface area contributed by atoms with Crippen LogP contribution in [-0.4, -0.2) is 61.2 Å². The van der Waals surface area contributed by atoms with E-state index >= 15 is 0 Å². The number of benzene rings is 3. The maximum Gasteiger partial charge on any atom is 0.407 e. The molecule has 0 aliphatic rings. The molecule has 3 aromatic carbocycles. The fourth-order valence-corrected chi connectivity index (χ4v) is 5.72. The Hall–Kier alpha value is -6.63. The number of pyridine rings is 1. The lowest BCUT2D eigenvalue weighted by molar-refractivity contribution is 0.0503. The van der Waals surface area contributed by atoms with Crippen molar-refractivity contribution in [3.63, 3.8) is 0 Å². The molecule has 3 heterocycles. The summed E-state index contributed by atoms with van der Waals surface area (Å²) in [5, 5.41) is 17.9. The maximum atomic E-state index is 14.5. The highest BCUT2D eigenvalue weighted by Gasteiger charge is 2.27. The third-order valence-electron chi connectivity index (χ3n) is 8.05. The van der Waals surface area contributed by atoms with Crippen molar-refractivity contribution in [2.24, 2.45) is 4.99 Å². The molecule has 2 N–H and O–H groups in total. The number of carbonyl (C=O) groups is 2. The van der Waals surface area contributed by atoms with E-state index in [0.717, 1.165) is 34.5 Å². The van der Waals surface area contributed by atoms with E-state index in [4.69, 9.17) is 14.6 Å². The number of nitrogens with zero attached hydrogens (tertiary/aromatic N) is 6. The van der Waals surface area contributed by atoms with Gasteiger partial charge in [0.1, 0.15) is 23.3 Å². The van der Waals surface area contributed by atoms with E-state index in [1.807, 2.05) is 91.0 Å². The highest BCUT2D eigenvalue weighted by molar-refractivity contribution is 6.01. The third kappa shape index (κ3) is 9.23. The second kappa shape index (κ2) is 16.4. The van der Waals surface area contributed by atoms with Gasteiger partial charge in [-0.2, -0.15) is 4.52 Å². The smallest absolute Gasteiger partial charge is 0.407 e. The van der Waals surface area contributed by atoms with Crippen LogP contribution < -0.4 is 15.0 Å². The Bertz CT molecular complexity index is 2220. The molecule has 13 heteroatoms. The average molecular weight is 730 g/mol. The van der Waals surface area contributed by atoms with Gasteiger partial charge in [-0.1, -0.05) is 91.0 Å². The van der Waals surface area contributed by atoms with Crippen molar-refractivity contribution in [1.82, 2.24) is 24.9 Å². The number of anilines is 1. The fourth-order valence-electron chi connectivity index (χ4n) is 5.72. The van der Waals surface area contributed by atoms with Gasteiger partial charge in [0, 0.05) is 31.1 Å². The molecule has 6 rings (SSSR count). The number of aromatic nitrogens is 4. The van der Waals surface area contributed by atoms with Crippen molar-refractivity contribution >= 4 is 35.6 Å². The molecule has 1 amide bonds. The largest absolute Gasteiger partial charge is 0.477 e. The Labute approximate surface area is 311 Å². The van der Waals surface area contributed by atoms with E-state index in [0.29, 0.717) is 18.9 Å². The second-order valence-electron chi connectivity index (χ2n) is 13.5. The predicted molar refractivity (Wildman–Crippen MR) is 204 cm³/mol. The van der Waals surface area contributed by atoms with Gasteiger partial charge in [0.2, 0.25) is 5.88 Å². The minimum absolute atomic E-state index is 0.0151. The van der Waals surface area contributed by atoms with Gasteiger partial charge >= 0.3 is 12.1 Å². The van der Waals surface area contributed by atoms with Crippen LogP contribution in [0.1, 0.15) is 54.7 Å². The summed E-state index contributed by atoms with van der Waals surface area (Å²) in [6.07, 6.45) is 2.67. The van der Waals surface area contributed by atoms with Gasteiger partial charge in [-0.25, -0.2) is 28.9 Å². The van der Waals surface area contributed by atoms with Gasteiger partial charge in [0.25, 0.3) is 0 Å². The van der Waals surface area contributed by atoms with Crippen LogP contribution in [0.3, 0.4) is 0 Å². The van der Waals surface area contributed by atoms with Gasteiger partial charge in [-0.3, -0.25) is 0 Å². The quantitative estimate of drug-likeness (QED) is 0.114. The summed E-state index contributed by atoms with van der Waals surface area (Å²) in [4.78, 5) is 40.3. The van der Waals surface area contributed by atoms with Crippen LogP contribution >= 0.6 is 0 Å². The first kappa shape index (κ1) is 37.1. The van der Waals surface area contributed by atoms with Crippen LogP contribution in [0.25, 0.3) is 16.8 Å². The molecule has 276 valence electrons. The number of hydrogen-bond donors (Lipinski definition) is 2. The SMILES string of the molecule is CC(CNC(=O)OC(C)(C)C)Oc1ncc(F)cc1C=Nc1nn2c(N(Cc3ccccc3)Cc3ccccc3)c(-c3ccccc3)cnc2c1C(=O)O. The van der Waals surface area contributed by atoms with Crippen molar-refractivity contribution in [3.8, 4) is 17.0 Å². The third-order valence-corrected chi connectivity index (χ3v) is 8.05. The molecule has 6 aromatic rings. The van der Waals surface area contributed by atoms with Gasteiger partial charge in [0.15, 0.2) is 17.0 Å². The normalized spacial score (nSPS) is 12.1. The van der Waals surface area contributed by atoms with Gasteiger partial charge < -0.3 is 24.8 Å². The summed E-state index contributed by atoms with van der Waals surface area (Å²) in [5.41, 5.74) is 2.92. The minimum atomic E-state index is -1.29. The number of nitrogens with one attached hydrogen (secondary N) is 1. The van der Waals surface area contributed by atoms with Gasteiger partial charge in [-0.05, 0) is 50.5 Å². The van der Waals surface area contributed by atoms with Gasteiger partial charge in [0.05, 0.1) is 18.3 Å². The molecule has 0 aliphatic carbocycles. The number of rotatable bonds is 13. The van der Waals surface area contributed by atoms with E-state index in [1.165, 1.54) is 10.7 Å².